The number of carbonyl (C=O) groups excluding carboxylic acids is 1. The Bertz CT molecular complexity index is 543. The molecule has 1 aliphatic heterocycles. The van der Waals surface area contributed by atoms with Gasteiger partial charge in [0, 0.05) is 25.7 Å². The van der Waals surface area contributed by atoms with Gasteiger partial charge in [-0.1, -0.05) is 30.3 Å². The Morgan fingerprint density at radius 1 is 1.09 bits per heavy atom. The fourth-order valence-electron chi connectivity index (χ4n) is 3.91. The largest absolute Gasteiger partial charge is 0.338 e. The molecular formula is C19H27N3O. The van der Waals surface area contributed by atoms with Gasteiger partial charge >= 0.3 is 6.03 Å². The van der Waals surface area contributed by atoms with E-state index in [0.29, 0.717) is 17.8 Å². The molecule has 3 atom stereocenters. The third kappa shape index (κ3) is 3.86. The van der Waals surface area contributed by atoms with Gasteiger partial charge in [0.2, 0.25) is 0 Å². The molecule has 2 aliphatic carbocycles. The number of amides is 2. The van der Waals surface area contributed by atoms with Crippen LogP contribution >= 0.6 is 0 Å². The van der Waals surface area contributed by atoms with Crippen molar-refractivity contribution in [2.45, 2.75) is 37.6 Å². The van der Waals surface area contributed by atoms with Gasteiger partial charge < -0.3 is 15.5 Å². The van der Waals surface area contributed by atoms with Gasteiger partial charge in [0.25, 0.3) is 0 Å². The molecule has 1 aromatic carbocycles. The van der Waals surface area contributed by atoms with Gasteiger partial charge in [0.1, 0.15) is 0 Å². The average Bonchev–Trinajstić information content (AvgIpc) is 3.51. The Kier molecular flexibility index (Phi) is 4.25. The summed E-state index contributed by atoms with van der Waals surface area (Å²) in [6.07, 6.45) is 5.19. The molecule has 3 fully saturated rings. The first-order valence-electron chi connectivity index (χ1n) is 9.10. The van der Waals surface area contributed by atoms with Gasteiger partial charge in [-0.25, -0.2) is 4.79 Å². The molecule has 0 bridgehead atoms. The summed E-state index contributed by atoms with van der Waals surface area (Å²) < 4.78 is 0. The predicted octanol–water partition coefficient (Wildman–Crippen LogP) is 2.57. The highest BCUT2D eigenvalue weighted by Gasteiger charge is 2.38. The molecule has 2 N–H and O–H groups in total. The van der Waals surface area contributed by atoms with E-state index in [2.05, 4.69) is 45.9 Å². The summed E-state index contributed by atoms with van der Waals surface area (Å²) in [5, 5.41) is 6.12. The lowest BCUT2D eigenvalue weighted by Gasteiger charge is -2.15. The number of urea groups is 1. The van der Waals surface area contributed by atoms with E-state index in [1.165, 1.54) is 44.3 Å². The first-order valence-corrected chi connectivity index (χ1v) is 9.10. The number of nitrogens with one attached hydrogen (secondary N) is 2. The van der Waals surface area contributed by atoms with E-state index < -0.39 is 0 Å². The van der Waals surface area contributed by atoms with Crippen molar-refractivity contribution >= 4 is 6.03 Å². The summed E-state index contributed by atoms with van der Waals surface area (Å²) in [6.45, 7) is 4.01. The van der Waals surface area contributed by atoms with Gasteiger partial charge in [-0.2, -0.15) is 0 Å². The Morgan fingerprint density at radius 3 is 2.65 bits per heavy atom. The maximum absolute atomic E-state index is 12.0. The van der Waals surface area contributed by atoms with Crippen LogP contribution in [0.5, 0.6) is 0 Å². The first kappa shape index (κ1) is 15.0. The molecule has 4 rings (SSSR count). The second-order valence-corrected chi connectivity index (χ2v) is 7.48. The van der Waals surface area contributed by atoms with E-state index in [1.54, 1.807) is 0 Å². The molecule has 1 heterocycles. The summed E-state index contributed by atoms with van der Waals surface area (Å²) in [4.78, 5) is 14.6. The van der Waals surface area contributed by atoms with Crippen LogP contribution in [0.25, 0.3) is 0 Å². The SMILES string of the molecule is O=C(NC[C@@H]1CCN(C2CC2)C1)NC[C@@H]1C[C@@H]1c1ccccc1. The zero-order valence-corrected chi connectivity index (χ0v) is 13.7. The zero-order valence-electron chi connectivity index (χ0n) is 13.7. The standard InChI is InChI=1S/C19H27N3O/c23-19(20-11-14-8-9-22(13-14)17-6-7-17)21-12-16-10-18(16)15-4-2-1-3-5-15/h1-5,14,16-18H,6-13H2,(H2,20,21,23)/t14-,16-,18+/m0/s1. The van der Waals surface area contributed by atoms with Crippen molar-refractivity contribution in [1.29, 1.82) is 0 Å². The summed E-state index contributed by atoms with van der Waals surface area (Å²) >= 11 is 0. The molecule has 0 unspecified atom stereocenters. The third-order valence-electron chi connectivity index (χ3n) is 5.61. The van der Waals surface area contributed by atoms with Crippen LogP contribution in [0.3, 0.4) is 0 Å². The van der Waals surface area contributed by atoms with Crippen molar-refractivity contribution in [2.24, 2.45) is 11.8 Å². The highest BCUT2D eigenvalue weighted by molar-refractivity contribution is 5.73. The number of benzene rings is 1. The molecule has 1 saturated heterocycles. The van der Waals surface area contributed by atoms with E-state index in [9.17, 15) is 4.79 Å². The van der Waals surface area contributed by atoms with Crippen LogP contribution in [-0.2, 0) is 0 Å². The summed E-state index contributed by atoms with van der Waals surface area (Å²) in [5.41, 5.74) is 1.41. The highest BCUT2D eigenvalue weighted by atomic mass is 16.2. The Labute approximate surface area is 138 Å². The lowest BCUT2D eigenvalue weighted by molar-refractivity contribution is 0.238. The van der Waals surface area contributed by atoms with Crippen molar-refractivity contribution in [3.63, 3.8) is 0 Å². The van der Waals surface area contributed by atoms with Crippen LogP contribution in [-0.4, -0.2) is 43.2 Å². The molecule has 4 heteroatoms. The normalized spacial score (nSPS) is 30.2. The minimum Gasteiger partial charge on any atom is -0.338 e. The molecule has 4 nitrogen and oxygen atoms in total. The monoisotopic (exact) mass is 313 g/mol. The molecule has 124 valence electrons. The molecule has 2 saturated carbocycles. The van der Waals surface area contributed by atoms with Gasteiger partial charge in [-0.3, -0.25) is 0 Å². The number of rotatable bonds is 6. The summed E-state index contributed by atoms with van der Waals surface area (Å²) in [5.74, 6) is 1.89. The van der Waals surface area contributed by atoms with Crippen molar-refractivity contribution in [2.75, 3.05) is 26.2 Å². The number of nitrogens with zero attached hydrogens (tertiary/aromatic N) is 1. The smallest absolute Gasteiger partial charge is 0.314 e. The zero-order chi connectivity index (χ0) is 15.6. The minimum atomic E-state index is 0.00795. The van der Waals surface area contributed by atoms with Crippen LogP contribution in [0.2, 0.25) is 0 Å². The summed E-state index contributed by atoms with van der Waals surface area (Å²) in [6, 6.07) is 11.5. The van der Waals surface area contributed by atoms with E-state index in [1.807, 2.05) is 0 Å². The van der Waals surface area contributed by atoms with Crippen LogP contribution in [0.15, 0.2) is 30.3 Å². The maximum atomic E-state index is 12.0. The van der Waals surface area contributed by atoms with Crippen molar-refractivity contribution < 1.29 is 4.79 Å². The molecule has 0 radical (unpaired) electrons. The Hall–Kier alpha value is -1.55. The summed E-state index contributed by atoms with van der Waals surface area (Å²) in [7, 11) is 0. The van der Waals surface area contributed by atoms with Gasteiger partial charge in [-0.05, 0) is 55.5 Å². The fourth-order valence-corrected chi connectivity index (χ4v) is 3.91. The Morgan fingerprint density at radius 2 is 1.87 bits per heavy atom. The lowest BCUT2D eigenvalue weighted by Crippen LogP contribution is -2.39. The van der Waals surface area contributed by atoms with Crippen LogP contribution in [0.4, 0.5) is 4.79 Å². The molecule has 1 aromatic rings. The quantitative estimate of drug-likeness (QED) is 0.848. The van der Waals surface area contributed by atoms with E-state index in [0.717, 1.165) is 19.1 Å². The highest BCUT2D eigenvalue weighted by Crippen LogP contribution is 2.46. The molecule has 2 amide bonds. The van der Waals surface area contributed by atoms with Crippen molar-refractivity contribution in [1.82, 2.24) is 15.5 Å². The lowest BCUT2D eigenvalue weighted by atomic mass is 10.1. The number of hydrogen-bond donors (Lipinski definition) is 2. The van der Waals surface area contributed by atoms with Crippen molar-refractivity contribution in [3.8, 4) is 0 Å². The van der Waals surface area contributed by atoms with E-state index in [-0.39, 0.29) is 6.03 Å². The molecule has 0 aromatic heterocycles. The molecule has 0 spiro atoms. The molecule has 3 aliphatic rings. The van der Waals surface area contributed by atoms with Gasteiger partial charge in [-0.15, -0.1) is 0 Å². The van der Waals surface area contributed by atoms with Gasteiger partial charge in [0.15, 0.2) is 0 Å². The maximum Gasteiger partial charge on any atom is 0.314 e. The minimum absolute atomic E-state index is 0.00795. The second-order valence-electron chi connectivity index (χ2n) is 7.48. The Balaban J connectivity index is 1.12. The molecule has 23 heavy (non-hydrogen) atoms. The van der Waals surface area contributed by atoms with Crippen LogP contribution < -0.4 is 10.6 Å². The average molecular weight is 313 g/mol. The van der Waals surface area contributed by atoms with E-state index >= 15 is 0 Å². The van der Waals surface area contributed by atoms with Gasteiger partial charge in [0.05, 0.1) is 0 Å². The van der Waals surface area contributed by atoms with Crippen molar-refractivity contribution in [3.05, 3.63) is 35.9 Å². The van der Waals surface area contributed by atoms with Crippen LogP contribution in [0.1, 0.15) is 37.2 Å². The van der Waals surface area contributed by atoms with Crippen LogP contribution in [0, 0.1) is 11.8 Å². The molecular weight excluding hydrogens is 286 g/mol. The van der Waals surface area contributed by atoms with E-state index in [4.69, 9.17) is 0 Å². The third-order valence-corrected chi connectivity index (χ3v) is 5.61. The second kappa shape index (κ2) is 6.52. The predicted molar refractivity (Wildman–Crippen MR) is 91.4 cm³/mol. The number of carbonyl (C=O) groups is 1. The number of likely N-dealkylation sites (tertiary alicyclic amines) is 1. The fraction of sp³-hybridized carbons (Fsp3) is 0.632. The topological polar surface area (TPSA) is 44.4 Å². The first-order chi connectivity index (χ1) is 11.3. The number of hydrogen-bond acceptors (Lipinski definition) is 2.